The van der Waals surface area contributed by atoms with E-state index in [4.69, 9.17) is 4.74 Å². The molecule has 1 aromatic rings. The Morgan fingerprint density at radius 1 is 1.47 bits per heavy atom. The number of halogens is 1. The van der Waals surface area contributed by atoms with E-state index in [9.17, 15) is 5.11 Å². The van der Waals surface area contributed by atoms with Gasteiger partial charge in [-0.1, -0.05) is 6.07 Å². The average Bonchev–Trinajstić information content (AvgIpc) is 2.28. The van der Waals surface area contributed by atoms with Crippen LogP contribution in [0.25, 0.3) is 0 Å². The van der Waals surface area contributed by atoms with E-state index < -0.39 is 0 Å². The van der Waals surface area contributed by atoms with E-state index in [0.717, 1.165) is 29.6 Å². The van der Waals surface area contributed by atoms with E-state index in [-0.39, 0.29) is 12.1 Å². The van der Waals surface area contributed by atoms with Crippen LogP contribution in [0.5, 0.6) is 5.75 Å². The second kappa shape index (κ2) is 5.38. The lowest BCUT2D eigenvalue weighted by Gasteiger charge is -2.41. The lowest BCUT2D eigenvalue weighted by Crippen LogP contribution is -2.53. The number of rotatable bonds is 5. The predicted molar refractivity (Wildman–Crippen MR) is 71.2 cm³/mol. The predicted octanol–water partition coefficient (Wildman–Crippen LogP) is 2.46. The largest absolute Gasteiger partial charge is 0.496 e. The van der Waals surface area contributed by atoms with Crippen molar-refractivity contribution in [2.24, 2.45) is 0 Å². The second-order valence-electron chi connectivity index (χ2n) is 4.61. The standard InChI is InChI=1S/C13H18BrNO2/c1-17-12-4-3-10(7-11(12)14)8-15-13(9-16)5-2-6-13/h3-4,7,15-16H,2,5-6,8-9H2,1H3. The maximum Gasteiger partial charge on any atom is 0.133 e. The molecule has 1 aliphatic rings. The van der Waals surface area contributed by atoms with Crippen LogP contribution in [0.3, 0.4) is 0 Å². The van der Waals surface area contributed by atoms with Crippen LogP contribution in [-0.4, -0.2) is 24.4 Å². The summed E-state index contributed by atoms with van der Waals surface area (Å²) in [6.45, 7) is 1.01. The van der Waals surface area contributed by atoms with E-state index in [1.807, 2.05) is 12.1 Å². The summed E-state index contributed by atoms with van der Waals surface area (Å²) in [4.78, 5) is 0. The molecule has 3 nitrogen and oxygen atoms in total. The first-order chi connectivity index (χ1) is 8.19. The van der Waals surface area contributed by atoms with Crippen molar-refractivity contribution in [1.82, 2.24) is 5.32 Å². The molecule has 0 saturated heterocycles. The highest BCUT2D eigenvalue weighted by atomic mass is 79.9. The SMILES string of the molecule is COc1ccc(CNC2(CO)CCC2)cc1Br. The summed E-state index contributed by atoms with van der Waals surface area (Å²) in [7, 11) is 1.66. The van der Waals surface area contributed by atoms with Crippen LogP contribution in [-0.2, 0) is 6.54 Å². The molecule has 94 valence electrons. The number of ether oxygens (including phenoxy) is 1. The highest BCUT2D eigenvalue weighted by Crippen LogP contribution is 2.32. The third kappa shape index (κ3) is 2.81. The van der Waals surface area contributed by atoms with Gasteiger partial charge in [0.05, 0.1) is 18.2 Å². The second-order valence-corrected chi connectivity index (χ2v) is 5.47. The Balaban J connectivity index is 1.97. The summed E-state index contributed by atoms with van der Waals surface area (Å²) in [5.74, 6) is 0.842. The molecule has 4 heteroatoms. The fraction of sp³-hybridized carbons (Fsp3) is 0.538. The molecule has 0 spiro atoms. The van der Waals surface area contributed by atoms with Crippen molar-refractivity contribution in [2.45, 2.75) is 31.3 Å². The van der Waals surface area contributed by atoms with E-state index in [1.54, 1.807) is 7.11 Å². The molecule has 0 aromatic heterocycles. The Kier molecular flexibility index (Phi) is 4.07. The van der Waals surface area contributed by atoms with E-state index in [2.05, 4.69) is 27.3 Å². The van der Waals surface area contributed by atoms with Gasteiger partial charge in [-0.2, -0.15) is 0 Å². The van der Waals surface area contributed by atoms with Crippen molar-refractivity contribution < 1.29 is 9.84 Å². The minimum absolute atomic E-state index is 0.0353. The monoisotopic (exact) mass is 299 g/mol. The van der Waals surface area contributed by atoms with E-state index in [0.29, 0.717) is 0 Å². The van der Waals surface area contributed by atoms with Gasteiger partial charge in [-0.25, -0.2) is 0 Å². The van der Waals surface area contributed by atoms with E-state index in [1.165, 1.54) is 12.0 Å². The first-order valence-electron chi connectivity index (χ1n) is 5.87. The first-order valence-corrected chi connectivity index (χ1v) is 6.67. The molecule has 0 heterocycles. The molecule has 0 radical (unpaired) electrons. The molecule has 0 unspecified atom stereocenters. The number of benzene rings is 1. The van der Waals surface area contributed by atoms with Crippen LogP contribution >= 0.6 is 15.9 Å². The number of hydrogen-bond donors (Lipinski definition) is 2. The number of methoxy groups -OCH3 is 1. The average molecular weight is 300 g/mol. The minimum atomic E-state index is -0.0353. The maximum atomic E-state index is 9.36. The highest BCUT2D eigenvalue weighted by molar-refractivity contribution is 9.10. The summed E-state index contributed by atoms with van der Waals surface area (Å²) >= 11 is 3.47. The van der Waals surface area contributed by atoms with Crippen molar-refractivity contribution in [2.75, 3.05) is 13.7 Å². The molecule has 1 aromatic carbocycles. The molecule has 17 heavy (non-hydrogen) atoms. The van der Waals surface area contributed by atoms with Gasteiger partial charge in [0.25, 0.3) is 0 Å². The van der Waals surface area contributed by atoms with Gasteiger partial charge in [0.2, 0.25) is 0 Å². The van der Waals surface area contributed by atoms with Gasteiger partial charge >= 0.3 is 0 Å². The summed E-state index contributed by atoms with van der Waals surface area (Å²) in [6, 6.07) is 6.05. The van der Waals surface area contributed by atoms with Crippen LogP contribution in [0.2, 0.25) is 0 Å². The topological polar surface area (TPSA) is 41.5 Å². The van der Waals surface area contributed by atoms with Crippen LogP contribution in [0.1, 0.15) is 24.8 Å². The smallest absolute Gasteiger partial charge is 0.133 e. The fourth-order valence-electron chi connectivity index (χ4n) is 2.10. The van der Waals surface area contributed by atoms with Crippen LogP contribution in [0.4, 0.5) is 0 Å². The molecule has 1 fully saturated rings. The van der Waals surface area contributed by atoms with Crippen LogP contribution in [0.15, 0.2) is 22.7 Å². The Bertz CT molecular complexity index is 385. The maximum absolute atomic E-state index is 9.36. The molecule has 2 N–H and O–H groups in total. The van der Waals surface area contributed by atoms with Gasteiger partial charge in [0.15, 0.2) is 0 Å². The van der Waals surface area contributed by atoms with Gasteiger partial charge in [-0.05, 0) is 52.9 Å². The summed E-state index contributed by atoms with van der Waals surface area (Å²) in [6.07, 6.45) is 3.35. The normalized spacial score (nSPS) is 17.6. The summed E-state index contributed by atoms with van der Waals surface area (Å²) in [5, 5.41) is 12.8. The zero-order valence-corrected chi connectivity index (χ0v) is 11.6. The third-order valence-corrected chi connectivity index (χ3v) is 4.12. The summed E-state index contributed by atoms with van der Waals surface area (Å²) < 4.78 is 6.16. The van der Waals surface area contributed by atoms with Crippen molar-refractivity contribution in [3.8, 4) is 5.75 Å². The van der Waals surface area contributed by atoms with Crippen molar-refractivity contribution in [1.29, 1.82) is 0 Å². The lowest BCUT2D eigenvalue weighted by molar-refractivity contribution is 0.0872. The molecule has 0 aliphatic heterocycles. The highest BCUT2D eigenvalue weighted by Gasteiger charge is 2.35. The van der Waals surface area contributed by atoms with Gasteiger partial charge in [-0.15, -0.1) is 0 Å². The zero-order valence-electron chi connectivity index (χ0n) is 10.0. The van der Waals surface area contributed by atoms with E-state index >= 15 is 0 Å². The molecule has 0 atom stereocenters. The summed E-state index contributed by atoms with van der Waals surface area (Å²) in [5.41, 5.74) is 1.16. The Morgan fingerprint density at radius 3 is 2.71 bits per heavy atom. The van der Waals surface area contributed by atoms with Crippen molar-refractivity contribution >= 4 is 15.9 Å². The number of hydrogen-bond acceptors (Lipinski definition) is 3. The minimum Gasteiger partial charge on any atom is -0.496 e. The van der Waals surface area contributed by atoms with Crippen LogP contribution < -0.4 is 10.1 Å². The molecule has 0 amide bonds. The quantitative estimate of drug-likeness (QED) is 0.878. The first kappa shape index (κ1) is 12.9. The molecule has 0 bridgehead atoms. The Labute approximate surface area is 110 Å². The van der Waals surface area contributed by atoms with Gasteiger partial charge in [0, 0.05) is 12.1 Å². The number of aliphatic hydroxyl groups excluding tert-OH is 1. The molecule has 1 saturated carbocycles. The Morgan fingerprint density at radius 2 is 2.24 bits per heavy atom. The molecule has 1 aliphatic carbocycles. The molecular weight excluding hydrogens is 282 g/mol. The Hall–Kier alpha value is -0.580. The van der Waals surface area contributed by atoms with Gasteiger partial charge in [-0.3, -0.25) is 0 Å². The fourth-order valence-corrected chi connectivity index (χ4v) is 2.69. The van der Waals surface area contributed by atoms with Crippen molar-refractivity contribution in [3.63, 3.8) is 0 Å². The van der Waals surface area contributed by atoms with Crippen molar-refractivity contribution in [3.05, 3.63) is 28.2 Å². The third-order valence-electron chi connectivity index (χ3n) is 3.50. The lowest BCUT2D eigenvalue weighted by atomic mass is 9.77. The number of nitrogens with one attached hydrogen (secondary N) is 1. The number of aliphatic hydroxyl groups is 1. The van der Waals surface area contributed by atoms with Gasteiger partial charge < -0.3 is 15.2 Å². The van der Waals surface area contributed by atoms with Gasteiger partial charge in [0.1, 0.15) is 5.75 Å². The molecular formula is C13H18BrNO2. The van der Waals surface area contributed by atoms with Crippen LogP contribution in [0, 0.1) is 0 Å². The zero-order chi connectivity index (χ0) is 12.3. The molecule has 2 rings (SSSR count).